The first-order valence-electron chi connectivity index (χ1n) is 18.0. The monoisotopic (exact) mass is 610 g/mol. The number of amides is 2. The van der Waals surface area contributed by atoms with E-state index < -0.39 is 0 Å². The molecular weight excluding hydrogens is 552 g/mol. The molecule has 6 fully saturated rings. The van der Waals surface area contributed by atoms with E-state index in [0.29, 0.717) is 41.9 Å². The van der Waals surface area contributed by atoms with Gasteiger partial charge in [-0.05, 0) is 98.8 Å². The zero-order chi connectivity index (χ0) is 30.9. The Hall–Kier alpha value is -1.48. The van der Waals surface area contributed by atoms with Crippen LogP contribution in [0, 0.1) is 46.3 Å². The van der Waals surface area contributed by atoms with Crippen molar-refractivity contribution in [3.05, 3.63) is 11.6 Å². The fraction of sp³-hybridized carbons (Fsp3) is 0.889. The third-order valence-corrected chi connectivity index (χ3v) is 14.2. The van der Waals surface area contributed by atoms with Crippen LogP contribution in [0.4, 0.5) is 0 Å². The molecule has 4 aliphatic carbocycles. The molecule has 0 unspecified atom stereocenters. The molecule has 0 bridgehead atoms. The molecule has 8 nitrogen and oxygen atoms in total. The molecule has 0 aromatic heterocycles. The normalized spacial score (nSPS) is 47.2. The summed E-state index contributed by atoms with van der Waals surface area (Å²) in [6, 6.07) is 0.132. The van der Waals surface area contributed by atoms with Crippen molar-refractivity contribution < 1.29 is 19.1 Å². The lowest BCUT2D eigenvalue weighted by Crippen LogP contribution is -2.53. The second-order valence-corrected chi connectivity index (χ2v) is 16.6. The Morgan fingerprint density at radius 1 is 1.00 bits per heavy atom. The number of ether oxygens (including phenoxy) is 2. The van der Waals surface area contributed by atoms with Crippen molar-refractivity contribution >= 4 is 11.8 Å². The van der Waals surface area contributed by atoms with Gasteiger partial charge in [0.05, 0.1) is 19.4 Å². The summed E-state index contributed by atoms with van der Waals surface area (Å²) in [5.41, 5.74) is 2.11. The topological polar surface area (TPSA) is 83.1 Å². The first kappa shape index (κ1) is 31.1. The van der Waals surface area contributed by atoms with Gasteiger partial charge in [-0.1, -0.05) is 39.3 Å². The van der Waals surface area contributed by atoms with Gasteiger partial charge in [0.1, 0.15) is 6.42 Å². The lowest BCUT2D eigenvalue weighted by molar-refractivity contribution is -0.272. The van der Waals surface area contributed by atoms with Crippen LogP contribution in [0.3, 0.4) is 0 Å². The van der Waals surface area contributed by atoms with Crippen LogP contribution in [-0.2, 0) is 19.1 Å². The number of carbonyl (C=O) groups is 2. The van der Waals surface area contributed by atoms with Gasteiger partial charge in [0.25, 0.3) is 0 Å². The first-order valence-corrected chi connectivity index (χ1v) is 18.0. The maximum absolute atomic E-state index is 12.9. The predicted molar refractivity (Wildman–Crippen MR) is 170 cm³/mol. The van der Waals surface area contributed by atoms with E-state index in [2.05, 4.69) is 61.3 Å². The van der Waals surface area contributed by atoms with E-state index in [1.54, 1.807) is 5.57 Å². The quantitative estimate of drug-likeness (QED) is 0.351. The molecule has 0 aromatic rings. The third kappa shape index (κ3) is 5.28. The number of piperazine rings is 1. The van der Waals surface area contributed by atoms with E-state index >= 15 is 0 Å². The highest BCUT2D eigenvalue weighted by molar-refractivity contribution is 5.96. The molecule has 7 aliphatic rings. The molecule has 3 saturated heterocycles. The second-order valence-electron chi connectivity index (χ2n) is 16.6. The van der Waals surface area contributed by atoms with E-state index in [-0.39, 0.29) is 35.5 Å². The summed E-state index contributed by atoms with van der Waals surface area (Å²) in [5.74, 6) is 3.20. The molecule has 11 atom stereocenters. The summed E-state index contributed by atoms with van der Waals surface area (Å²) in [6.07, 6.45) is 13.1. The Balaban J connectivity index is 0.949. The van der Waals surface area contributed by atoms with Gasteiger partial charge in [0.2, 0.25) is 11.8 Å². The summed E-state index contributed by atoms with van der Waals surface area (Å²) in [6.45, 7) is 15.2. The number of rotatable bonds is 5. The standard InChI is InChI=1S/C36H58N4O4/c1-23-8-13-36(43-21-23)24(2)33-30(44-36)19-29-27-7-6-25-18-26(9-11-34(25,3)28(27)10-12-35(29,33)4)38-32(42)20-31(41)37-22-40-16-14-39(5)15-17-40/h6,23-24,26-30,33H,7-22H2,1-5H3,(H,37,41)(H,38,42)/t23-,24+,26-,27-,28+,29+,30+,33+,34+,35+,36-/m1/s1. The minimum absolute atomic E-state index is 0.0836. The van der Waals surface area contributed by atoms with Gasteiger partial charge in [-0.2, -0.15) is 0 Å². The minimum atomic E-state index is -0.341. The second kappa shape index (κ2) is 11.6. The van der Waals surface area contributed by atoms with Crippen LogP contribution < -0.4 is 10.6 Å². The minimum Gasteiger partial charge on any atom is -0.353 e. The van der Waals surface area contributed by atoms with Crippen molar-refractivity contribution in [2.24, 2.45) is 46.3 Å². The maximum Gasteiger partial charge on any atom is 0.230 e. The van der Waals surface area contributed by atoms with Crippen molar-refractivity contribution in [1.82, 2.24) is 20.4 Å². The summed E-state index contributed by atoms with van der Waals surface area (Å²) < 4.78 is 13.5. The van der Waals surface area contributed by atoms with Crippen LogP contribution in [0.15, 0.2) is 11.6 Å². The van der Waals surface area contributed by atoms with Gasteiger partial charge in [-0.15, -0.1) is 0 Å². The highest BCUT2D eigenvalue weighted by Gasteiger charge is 2.68. The fourth-order valence-corrected chi connectivity index (χ4v) is 11.5. The number of allylic oxidation sites excluding steroid dienone is 1. The van der Waals surface area contributed by atoms with Crippen LogP contribution in [0.2, 0.25) is 0 Å². The van der Waals surface area contributed by atoms with Crippen LogP contribution >= 0.6 is 0 Å². The number of hydrogen-bond acceptors (Lipinski definition) is 6. The van der Waals surface area contributed by atoms with Crippen molar-refractivity contribution in [2.75, 3.05) is 46.5 Å². The van der Waals surface area contributed by atoms with Crippen molar-refractivity contribution in [2.45, 2.75) is 110 Å². The molecule has 3 heterocycles. The van der Waals surface area contributed by atoms with E-state index in [1.165, 1.54) is 25.7 Å². The largest absolute Gasteiger partial charge is 0.353 e. The van der Waals surface area contributed by atoms with Crippen molar-refractivity contribution in [1.29, 1.82) is 0 Å². The number of likely N-dealkylation sites (N-methyl/N-ethyl adjacent to an activating group) is 1. The van der Waals surface area contributed by atoms with Gasteiger partial charge in [-0.3, -0.25) is 14.5 Å². The van der Waals surface area contributed by atoms with E-state index in [9.17, 15) is 9.59 Å². The van der Waals surface area contributed by atoms with Gasteiger partial charge in [0, 0.05) is 44.6 Å². The molecule has 2 N–H and O–H groups in total. The molecule has 2 amide bonds. The molecular formula is C36H58N4O4. The summed E-state index contributed by atoms with van der Waals surface area (Å²) in [4.78, 5) is 29.9. The number of nitrogens with one attached hydrogen (secondary N) is 2. The molecule has 0 radical (unpaired) electrons. The van der Waals surface area contributed by atoms with Gasteiger partial charge < -0.3 is 25.0 Å². The van der Waals surface area contributed by atoms with E-state index in [1.807, 2.05) is 0 Å². The Morgan fingerprint density at radius 2 is 1.80 bits per heavy atom. The maximum atomic E-state index is 12.9. The fourth-order valence-electron chi connectivity index (χ4n) is 11.5. The molecule has 3 aliphatic heterocycles. The molecule has 0 aromatic carbocycles. The number of nitrogens with zero attached hydrogens (tertiary/aromatic N) is 2. The highest BCUT2D eigenvalue weighted by atomic mass is 16.7. The highest BCUT2D eigenvalue weighted by Crippen LogP contribution is 2.70. The molecule has 3 saturated carbocycles. The van der Waals surface area contributed by atoms with Crippen molar-refractivity contribution in [3.63, 3.8) is 0 Å². The lowest BCUT2D eigenvalue weighted by Gasteiger charge is -2.58. The summed E-state index contributed by atoms with van der Waals surface area (Å²) in [7, 11) is 2.12. The zero-order valence-electron chi connectivity index (χ0n) is 28.0. The zero-order valence-corrected chi connectivity index (χ0v) is 28.0. The number of carbonyl (C=O) groups excluding carboxylic acids is 2. The molecule has 246 valence electrons. The Labute approximate surface area is 265 Å². The van der Waals surface area contributed by atoms with Gasteiger partial charge in [-0.25, -0.2) is 0 Å². The van der Waals surface area contributed by atoms with Crippen molar-refractivity contribution in [3.8, 4) is 0 Å². The first-order chi connectivity index (χ1) is 21.0. The average molecular weight is 611 g/mol. The Bertz CT molecular complexity index is 1140. The van der Waals surface area contributed by atoms with E-state index in [4.69, 9.17) is 9.47 Å². The van der Waals surface area contributed by atoms with Crippen LogP contribution in [0.1, 0.15) is 91.9 Å². The smallest absolute Gasteiger partial charge is 0.230 e. The molecule has 44 heavy (non-hydrogen) atoms. The number of hydrogen-bond donors (Lipinski definition) is 2. The number of fused-ring (bicyclic) bond motifs is 7. The SMILES string of the molecule is C[C@@H]1CC[C@@]2(OC1)O[C@H]1C[C@H]3[C@@H]4CC=C5C[C@H](NC(=O)CC(=O)NCN6CCN(C)CC6)CC[C@]5(C)[C@H]4CC[C@]3(C)[C@H]1[C@@H]2C. The molecule has 1 spiro atoms. The Morgan fingerprint density at radius 3 is 2.55 bits per heavy atom. The van der Waals surface area contributed by atoms with Crippen LogP contribution in [-0.4, -0.2) is 86.0 Å². The van der Waals surface area contributed by atoms with Gasteiger partial charge in [0.15, 0.2) is 5.79 Å². The van der Waals surface area contributed by atoms with Gasteiger partial charge >= 0.3 is 0 Å². The average Bonchev–Trinajstić information content (AvgIpc) is 3.44. The molecule has 7 rings (SSSR count). The predicted octanol–water partition coefficient (Wildman–Crippen LogP) is 4.55. The Kier molecular flexibility index (Phi) is 8.24. The van der Waals surface area contributed by atoms with E-state index in [0.717, 1.165) is 76.7 Å². The summed E-state index contributed by atoms with van der Waals surface area (Å²) in [5, 5.41) is 6.19. The summed E-state index contributed by atoms with van der Waals surface area (Å²) >= 11 is 0. The third-order valence-electron chi connectivity index (χ3n) is 14.2. The lowest BCUT2D eigenvalue weighted by atomic mass is 9.46. The molecule has 8 heteroatoms. The van der Waals surface area contributed by atoms with Crippen LogP contribution in [0.25, 0.3) is 0 Å². The van der Waals surface area contributed by atoms with Crippen LogP contribution in [0.5, 0.6) is 0 Å².